The SMILES string of the molecule is Cl.Cl.Nc1cnc2ccccn2c1=O. The molecule has 2 heterocycles. The second-order valence-corrected chi connectivity index (χ2v) is 2.45. The van der Waals surface area contributed by atoms with Gasteiger partial charge >= 0.3 is 0 Å². The van der Waals surface area contributed by atoms with Crippen LogP contribution in [0, 0.1) is 0 Å². The van der Waals surface area contributed by atoms with Gasteiger partial charge in [-0.15, -0.1) is 24.8 Å². The van der Waals surface area contributed by atoms with Crippen molar-refractivity contribution < 1.29 is 0 Å². The van der Waals surface area contributed by atoms with Crippen LogP contribution in [0.5, 0.6) is 0 Å². The number of hydrogen-bond acceptors (Lipinski definition) is 3. The molecule has 0 bridgehead atoms. The molecule has 2 N–H and O–H groups in total. The third kappa shape index (κ3) is 1.97. The quantitative estimate of drug-likeness (QED) is 0.742. The van der Waals surface area contributed by atoms with Crippen LogP contribution in [0.4, 0.5) is 5.69 Å². The third-order valence-electron chi connectivity index (χ3n) is 1.64. The lowest BCUT2D eigenvalue weighted by molar-refractivity contribution is 1.05. The van der Waals surface area contributed by atoms with E-state index in [2.05, 4.69) is 4.98 Å². The molecule has 6 heteroatoms. The van der Waals surface area contributed by atoms with Gasteiger partial charge in [0.1, 0.15) is 11.3 Å². The summed E-state index contributed by atoms with van der Waals surface area (Å²) in [6.07, 6.45) is 3.01. The predicted molar refractivity (Wildman–Crippen MR) is 60.4 cm³/mol. The van der Waals surface area contributed by atoms with Gasteiger partial charge in [0.2, 0.25) is 0 Å². The Morgan fingerprint density at radius 3 is 2.71 bits per heavy atom. The van der Waals surface area contributed by atoms with Crippen LogP contribution in [0.15, 0.2) is 35.4 Å². The maximum absolute atomic E-state index is 11.3. The fourth-order valence-corrected chi connectivity index (χ4v) is 1.04. The van der Waals surface area contributed by atoms with Crippen molar-refractivity contribution in [1.29, 1.82) is 0 Å². The molecule has 0 saturated heterocycles. The average molecular weight is 234 g/mol. The lowest BCUT2D eigenvalue weighted by Crippen LogP contribution is -2.17. The van der Waals surface area contributed by atoms with Gasteiger partial charge in [0.05, 0.1) is 6.20 Å². The van der Waals surface area contributed by atoms with Gasteiger partial charge in [-0.2, -0.15) is 0 Å². The highest BCUT2D eigenvalue weighted by Crippen LogP contribution is 1.96. The van der Waals surface area contributed by atoms with Crippen molar-refractivity contribution >= 4 is 36.1 Å². The number of aromatic nitrogens is 2. The largest absolute Gasteiger partial charge is 0.393 e. The molecule has 76 valence electrons. The van der Waals surface area contributed by atoms with Crippen LogP contribution >= 0.6 is 24.8 Å². The summed E-state index contributed by atoms with van der Waals surface area (Å²) in [5, 5.41) is 0. The Bertz CT molecular complexity index is 483. The summed E-state index contributed by atoms with van der Waals surface area (Å²) in [6.45, 7) is 0. The molecular weight excluding hydrogens is 225 g/mol. The first-order valence-corrected chi connectivity index (χ1v) is 3.51. The third-order valence-corrected chi connectivity index (χ3v) is 1.64. The fourth-order valence-electron chi connectivity index (χ4n) is 1.04. The summed E-state index contributed by atoms with van der Waals surface area (Å²) in [4.78, 5) is 15.3. The molecule has 2 aromatic rings. The molecule has 2 aromatic heterocycles. The summed E-state index contributed by atoms with van der Waals surface area (Å²) in [5.41, 5.74) is 5.94. The van der Waals surface area contributed by atoms with Crippen LogP contribution in [0.25, 0.3) is 5.65 Å². The van der Waals surface area contributed by atoms with Crippen molar-refractivity contribution in [3.05, 3.63) is 40.9 Å². The summed E-state index contributed by atoms with van der Waals surface area (Å²) in [7, 11) is 0. The zero-order chi connectivity index (χ0) is 8.55. The molecule has 0 aliphatic rings. The van der Waals surface area contributed by atoms with E-state index in [-0.39, 0.29) is 36.1 Å². The van der Waals surface area contributed by atoms with Crippen molar-refractivity contribution in [1.82, 2.24) is 9.38 Å². The molecule has 14 heavy (non-hydrogen) atoms. The molecule has 0 saturated carbocycles. The number of anilines is 1. The summed E-state index contributed by atoms with van der Waals surface area (Å²) in [5.74, 6) is 0. The Kier molecular flexibility index (Phi) is 4.40. The van der Waals surface area contributed by atoms with Gasteiger partial charge in [-0.05, 0) is 12.1 Å². The first kappa shape index (κ1) is 12.7. The van der Waals surface area contributed by atoms with Crippen molar-refractivity contribution in [2.45, 2.75) is 0 Å². The fraction of sp³-hybridized carbons (Fsp3) is 0. The van der Waals surface area contributed by atoms with Crippen molar-refractivity contribution in [2.75, 3.05) is 5.73 Å². The Morgan fingerprint density at radius 1 is 1.29 bits per heavy atom. The minimum Gasteiger partial charge on any atom is -0.393 e. The van der Waals surface area contributed by atoms with Crippen LogP contribution in [-0.4, -0.2) is 9.38 Å². The van der Waals surface area contributed by atoms with E-state index >= 15 is 0 Å². The highest BCUT2D eigenvalue weighted by Gasteiger charge is 1.97. The zero-order valence-corrected chi connectivity index (χ0v) is 8.72. The van der Waals surface area contributed by atoms with E-state index < -0.39 is 0 Å². The molecule has 0 fully saturated rings. The number of rotatable bonds is 0. The van der Waals surface area contributed by atoms with E-state index in [0.29, 0.717) is 5.65 Å². The molecule has 2 rings (SSSR count). The highest BCUT2D eigenvalue weighted by atomic mass is 35.5. The molecule has 0 spiro atoms. The smallest absolute Gasteiger partial charge is 0.280 e. The van der Waals surface area contributed by atoms with Gasteiger partial charge in [0.15, 0.2) is 0 Å². The van der Waals surface area contributed by atoms with Crippen molar-refractivity contribution in [2.24, 2.45) is 0 Å². The zero-order valence-electron chi connectivity index (χ0n) is 7.08. The minimum absolute atomic E-state index is 0. The lowest BCUT2D eigenvalue weighted by atomic mass is 10.4. The van der Waals surface area contributed by atoms with E-state index in [9.17, 15) is 4.79 Å². The number of hydrogen-bond donors (Lipinski definition) is 1. The molecule has 0 atom stereocenters. The minimum atomic E-state index is -0.222. The van der Waals surface area contributed by atoms with Crippen LogP contribution in [0.2, 0.25) is 0 Å². The van der Waals surface area contributed by atoms with E-state index in [0.717, 1.165) is 0 Å². The first-order valence-electron chi connectivity index (χ1n) is 3.51. The number of nitrogen functional groups attached to an aromatic ring is 1. The van der Waals surface area contributed by atoms with Crippen LogP contribution < -0.4 is 11.3 Å². The number of pyridine rings is 1. The monoisotopic (exact) mass is 233 g/mol. The molecule has 0 aliphatic heterocycles. The molecule has 0 aromatic carbocycles. The van der Waals surface area contributed by atoms with Crippen LogP contribution in [0.3, 0.4) is 0 Å². The number of fused-ring (bicyclic) bond motifs is 1. The van der Waals surface area contributed by atoms with E-state index in [1.165, 1.54) is 10.6 Å². The van der Waals surface area contributed by atoms with Gasteiger partial charge in [0.25, 0.3) is 5.56 Å². The van der Waals surface area contributed by atoms with Crippen molar-refractivity contribution in [3.8, 4) is 0 Å². The van der Waals surface area contributed by atoms with Gasteiger partial charge in [-0.3, -0.25) is 9.20 Å². The molecule has 0 unspecified atom stereocenters. The van der Waals surface area contributed by atoms with Gasteiger partial charge in [-0.25, -0.2) is 4.98 Å². The Hall–Kier alpha value is -1.26. The first-order chi connectivity index (χ1) is 5.79. The number of halogens is 2. The molecule has 0 radical (unpaired) electrons. The normalized spacial score (nSPS) is 8.86. The Balaban J connectivity index is 0.000000845. The number of nitrogens with two attached hydrogens (primary N) is 1. The lowest BCUT2D eigenvalue weighted by Gasteiger charge is -1.98. The summed E-state index contributed by atoms with van der Waals surface area (Å²) < 4.78 is 1.41. The van der Waals surface area contributed by atoms with Gasteiger partial charge in [-0.1, -0.05) is 6.07 Å². The standard InChI is InChI=1S/C8H7N3O.2ClH/c9-6-5-10-7-3-1-2-4-11(7)8(6)12;;/h1-5H,9H2;2*1H. The van der Waals surface area contributed by atoms with Crippen LogP contribution in [0.1, 0.15) is 0 Å². The van der Waals surface area contributed by atoms with E-state index in [4.69, 9.17) is 5.73 Å². The Morgan fingerprint density at radius 2 is 2.00 bits per heavy atom. The van der Waals surface area contributed by atoms with Gasteiger partial charge in [0, 0.05) is 6.20 Å². The topological polar surface area (TPSA) is 60.4 Å². The molecule has 0 aliphatic carbocycles. The van der Waals surface area contributed by atoms with E-state index in [1.807, 2.05) is 6.07 Å². The van der Waals surface area contributed by atoms with Crippen molar-refractivity contribution in [3.63, 3.8) is 0 Å². The summed E-state index contributed by atoms with van der Waals surface area (Å²) in [6, 6.07) is 5.33. The van der Waals surface area contributed by atoms with Crippen LogP contribution in [-0.2, 0) is 0 Å². The predicted octanol–water partition coefficient (Wildman–Crippen LogP) is 1.12. The molecular formula is C8H9Cl2N3O. The maximum atomic E-state index is 11.3. The van der Waals surface area contributed by atoms with E-state index in [1.54, 1.807) is 18.3 Å². The second-order valence-electron chi connectivity index (χ2n) is 2.45. The number of nitrogens with zero attached hydrogens (tertiary/aromatic N) is 2. The second kappa shape index (κ2) is 4.83. The summed E-state index contributed by atoms with van der Waals surface area (Å²) >= 11 is 0. The highest BCUT2D eigenvalue weighted by molar-refractivity contribution is 5.85. The van der Waals surface area contributed by atoms with Gasteiger partial charge < -0.3 is 5.73 Å². The average Bonchev–Trinajstić information content (AvgIpc) is 2.12. The molecule has 4 nitrogen and oxygen atoms in total. The molecule has 0 amide bonds. The maximum Gasteiger partial charge on any atom is 0.280 e. The Labute approximate surface area is 92.6 Å².